The summed E-state index contributed by atoms with van der Waals surface area (Å²) in [5, 5.41) is 18.5. The molecule has 0 radical (unpaired) electrons. The van der Waals surface area contributed by atoms with E-state index in [0.717, 1.165) is 25.3 Å². The zero-order valence-electron chi connectivity index (χ0n) is 11.6. The van der Waals surface area contributed by atoms with Gasteiger partial charge in [0, 0.05) is 30.9 Å². The summed E-state index contributed by atoms with van der Waals surface area (Å²) in [4.78, 5) is 6.34. The molecule has 2 N–H and O–H groups in total. The molecular formula is C13H25N3O2. The summed E-state index contributed by atoms with van der Waals surface area (Å²) in [7, 11) is 2.02. The van der Waals surface area contributed by atoms with Crippen molar-refractivity contribution < 1.29 is 10.2 Å². The van der Waals surface area contributed by atoms with Gasteiger partial charge in [0.15, 0.2) is 0 Å². The Morgan fingerprint density at radius 1 is 1.39 bits per heavy atom. The van der Waals surface area contributed by atoms with Gasteiger partial charge in [-0.1, -0.05) is 6.92 Å². The van der Waals surface area contributed by atoms with Crippen LogP contribution >= 0.6 is 0 Å². The van der Waals surface area contributed by atoms with Crippen molar-refractivity contribution in [2.24, 2.45) is 5.41 Å². The molecule has 5 nitrogen and oxygen atoms in total. The van der Waals surface area contributed by atoms with Crippen LogP contribution in [0.1, 0.15) is 19.2 Å². The molecule has 0 aliphatic heterocycles. The fourth-order valence-electron chi connectivity index (χ4n) is 2.03. The minimum Gasteiger partial charge on any atom is -0.396 e. The number of aliphatic hydroxyl groups is 2. The van der Waals surface area contributed by atoms with Gasteiger partial charge in [-0.05, 0) is 26.9 Å². The number of hydrogen-bond acceptors (Lipinski definition) is 4. The second-order valence-electron chi connectivity index (χ2n) is 5.39. The molecule has 1 aromatic rings. The van der Waals surface area contributed by atoms with Crippen LogP contribution in [0.25, 0.3) is 0 Å². The first-order valence-corrected chi connectivity index (χ1v) is 6.39. The number of nitrogens with zero attached hydrogens (tertiary/aromatic N) is 3. The zero-order chi connectivity index (χ0) is 13.6. The van der Waals surface area contributed by atoms with Crippen LogP contribution < -0.4 is 0 Å². The zero-order valence-corrected chi connectivity index (χ0v) is 11.6. The molecule has 18 heavy (non-hydrogen) atoms. The number of aryl methyl sites for hydroxylation is 2. The van der Waals surface area contributed by atoms with Crippen LogP contribution in [0.4, 0.5) is 0 Å². The van der Waals surface area contributed by atoms with E-state index in [4.69, 9.17) is 0 Å². The van der Waals surface area contributed by atoms with Gasteiger partial charge in [-0.15, -0.1) is 0 Å². The normalized spacial score (nSPS) is 12.3. The molecule has 1 rings (SSSR count). The summed E-state index contributed by atoms with van der Waals surface area (Å²) in [6, 6.07) is 0. The Kier molecular flexibility index (Phi) is 5.78. The van der Waals surface area contributed by atoms with Gasteiger partial charge in [-0.3, -0.25) is 0 Å². The van der Waals surface area contributed by atoms with Crippen molar-refractivity contribution in [1.29, 1.82) is 0 Å². The third kappa shape index (κ3) is 4.40. The first-order chi connectivity index (χ1) is 8.50. The Labute approximate surface area is 109 Å². The molecule has 0 aliphatic rings. The second kappa shape index (κ2) is 6.87. The summed E-state index contributed by atoms with van der Waals surface area (Å²) in [6.07, 6.45) is 4.83. The highest BCUT2D eigenvalue weighted by molar-refractivity contribution is 4.88. The molecule has 5 heteroatoms. The van der Waals surface area contributed by atoms with Crippen LogP contribution in [0.2, 0.25) is 0 Å². The molecule has 0 unspecified atom stereocenters. The van der Waals surface area contributed by atoms with Gasteiger partial charge in [0.2, 0.25) is 0 Å². The molecule has 1 aromatic heterocycles. The first kappa shape index (κ1) is 15.1. The van der Waals surface area contributed by atoms with Crippen LogP contribution in [-0.2, 0) is 6.54 Å². The highest BCUT2D eigenvalue weighted by Crippen LogP contribution is 2.15. The molecule has 1 heterocycles. The maximum Gasteiger partial charge on any atom is 0.105 e. The lowest BCUT2D eigenvalue weighted by Crippen LogP contribution is -2.39. The van der Waals surface area contributed by atoms with E-state index in [-0.39, 0.29) is 13.2 Å². The second-order valence-corrected chi connectivity index (χ2v) is 5.39. The van der Waals surface area contributed by atoms with E-state index in [2.05, 4.69) is 14.5 Å². The molecule has 0 saturated carbocycles. The average molecular weight is 255 g/mol. The lowest BCUT2D eigenvalue weighted by Gasteiger charge is -2.30. The molecule has 0 spiro atoms. The van der Waals surface area contributed by atoms with E-state index >= 15 is 0 Å². The molecule has 104 valence electrons. The van der Waals surface area contributed by atoms with E-state index in [1.165, 1.54) is 0 Å². The van der Waals surface area contributed by atoms with Crippen molar-refractivity contribution >= 4 is 0 Å². The van der Waals surface area contributed by atoms with E-state index in [1.54, 1.807) is 0 Å². The molecule has 0 amide bonds. The van der Waals surface area contributed by atoms with Crippen molar-refractivity contribution in [1.82, 2.24) is 14.5 Å². The van der Waals surface area contributed by atoms with E-state index in [1.807, 2.05) is 33.3 Å². The lowest BCUT2D eigenvalue weighted by atomic mass is 9.92. The third-order valence-corrected chi connectivity index (χ3v) is 3.28. The Morgan fingerprint density at radius 2 is 2.06 bits per heavy atom. The van der Waals surface area contributed by atoms with Gasteiger partial charge >= 0.3 is 0 Å². The van der Waals surface area contributed by atoms with Crippen molar-refractivity contribution in [3.63, 3.8) is 0 Å². The summed E-state index contributed by atoms with van der Waals surface area (Å²) >= 11 is 0. The average Bonchev–Trinajstić information content (AvgIpc) is 2.75. The summed E-state index contributed by atoms with van der Waals surface area (Å²) in [5.41, 5.74) is -0.417. The van der Waals surface area contributed by atoms with Crippen molar-refractivity contribution in [2.75, 3.05) is 33.4 Å². The lowest BCUT2D eigenvalue weighted by molar-refractivity contribution is 0.0415. The Bertz CT molecular complexity index is 348. The first-order valence-electron chi connectivity index (χ1n) is 6.39. The van der Waals surface area contributed by atoms with Gasteiger partial charge < -0.3 is 19.7 Å². The Balaban J connectivity index is 2.29. The van der Waals surface area contributed by atoms with Crippen molar-refractivity contribution in [3.05, 3.63) is 18.2 Å². The fourth-order valence-corrected chi connectivity index (χ4v) is 2.03. The van der Waals surface area contributed by atoms with E-state index < -0.39 is 5.41 Å². The summed E-state index contributed by atoms with van der Waals surface area (Å²) < 4.78 is 2.13. The number of aliphatic hydroxyl groups excluding tert-OH is 2. The van der Waals surface area contributed by atoms with E-state index in [0.29, 0.717) is 6.54 Å². The highest BCUT2D eigenvalue weighted by atomic mass is 16.3. The monoisotopic (exact) mass is 255 g/mol. The van der Waals surface area contributed by atoms with Gasteiger partial charge in [-0.25, -0.2) is 4.98 Å². The quantitative estimate of drug-likeness (QED) is 0.710. The number of aromatic nitrogens is 2. The largest absolute Gasteiger partial charge is 0.396 e. The SMILES string of the molecule is Cc1nccn1CCCN(C)CC(C)(CO)CO. The number of rotatable bonds is 8. The molecule has 0 aliphatic carbocycles. The van der Waals surface area contributed by atoms with Crippen molar-refractivity contribution in [3.8, 4) is 0 Å². The summed E-state index contributed by atoms with van der Waals surface area (Å²) in [5.74, 6) is 1.04. The Hall–Kier alpha value is -0.910. The topological polar surface area (TPSA) is 61.5 Å². The molecule has 0 saturated heterocycles. The summed E-state index contributed by atoms with van der Waals surface area (Å²) in [6.45, 7) is 6.49. The van der Waals surface area contributed by atoms with Gasteiger partial charge in [0.1, 0.15) is 5.82 Å². The molecule has 0 fully saturated rings. The van der Waals surface area contributed by atoms with Crippen LogP contribution in [0.3, 0.4) is 0 Å². The van der Waals surface area contributed by atoms with Crippen LogP contribution in [-0.4, -0.2) is 58.0 Å². The standard InChI is InChI=1S/C13H25N3O2/c1-12-14-5-8-16(12)7-4-6-15(3)9-13(2,10-17)11-18/h5,8,17-18H,4,6-7,9-11H2,1-3H3. The smallest absolute Gasteiger partial charge is 0.105 e. The number of hydrogen-bond donors (Lipinski definition) is 2. The maximum atomic E-state index is 9.25. The van der Waals surface area contributed by atoms with Crippen LogP contribution in [0.5, 0.6) is 0 Å². The minimum atomic E-state index is -0.417. The van der Waals surface area contributed by atoms with Gasteiger partial charge in [0.05, 0.1) is 13.2 Å². The highest BCUT2D eigenvalue weighted by Gasteiger charge is 2.23. The molecule has 0 atom stereocenters. The molecular weight excluding hydrogens is 230 g/mol. The van der Waals surface area contributed by atoms with Gasteiger partial charge in [-0.2, -0.15) is 0 Å². The predicted molar refractivity (Wildman–Crippen MR) is 71.4 cm³/mol. The molecule has 0 aromatic carbocycles. The van der Waals surface area contributed by atoms with Crippen LogP contribution in [0.15, 0.2) is 12.4 Å². The van der Waals surface area contributed by atoms with Crippen molar-refractivity contribution in [2.45, 2.75) is 26.8 Å². The van der Waals surface area contributed by atoms with Crippen LogP contribution in [0, 0.1) is 12.3 Å². The number of imidazole rings is 1. The van der Waals surface area contributed by atoms with Gasteiger partial charge in [0.25, 0.3) is 0 Å². The van der Waals surface area contributed by atoms with E-state index in [9.17, 15) is 10.2 Å². The predicted octanol–water partition coefficient (Wildman–Crippen LogP) is 0.504. The minimum absolute atomic E-state index is 0.00840. The Morgan fingerprint density at radius 3 is 2.56 bits per heavy atom. The molecule has 0 bridgehead atoms. The fraction of sp³-hybridized carbons (Fsp3) is 0.769. The third-order valence-electron chi connectivity index (χ3n) is 3.28. The maximum absolute atomic E-state index is 9.25.